The number of Topliss-reactive ketones (excluding diaryl/α,β-unsaturated/α-hetero) is 1. The number of aromatic nitrogens is 1. The molecule has 0 spiro atoms. The van der Waals surface area contributed by atoms with Crippen molar-refractivity contribution in [2.24, 2.45) is 0 Å². The van der Waals surface area contributed by atoms with Crippen LogP contribution in [0.3, 0.4) is 0 Å². The number of carbonyl (C=O) groups is 1. The largest absolute Gasteiger partial charge is 0.398 e. The van der Waals surface area contributed by atoms with Crippen LogP contribution in [-0.2, 0) is 9.47 Å². The zero-order valence-corrected chi connectivity index (χ0v) is 9.47. The van der Waals surface area contributed by atoms with Gasteiger partial charge in [-0.05, 0) is 19.9 Å². The number of nitrogens with two attached hydrogens (primary N) is 1. The Bertz CT molecular complexity index is 349. The first-order valence-corrected chi connectivity index (χ1v) is 5.17. The lowest BCUT2D eigenvalue weighted by molar-refractivity contribution is -0.107. The number of anilines is 1. The fraction of sp³-hybridized carbons (Fsp3) is 0.455. The highest BCUT2D eigenvalue weighted by Gasteiger charge is 2.22. The lowest BCUT2D eigenvalue weighted by Gasteiger charge is -2.16. The van der Waals surface area contributed by atoms with Gasteiger partial charge >= 0.3 is 0 Å². The van der Waals surface area contributed by atoms with Crippen LogP contribution in [-0.4, -0.2) is 30.3 Å². The predicted octanol–water partition coefficient (Wildman–Crippen LogP) is 1.25. The SMILES string of the molecule is CCOC(OCC)C(=O)c1cnccc1N. The number of rotatable bonds is 6. The lowest BCUT2D eigenvalue weighted by atomic mass is 10.1. The Morgan fingerprint density at radius 1 is 1.44 bits per heavy atom. The van der Waals surface area contributed by atoms with Crippen LogP contribution in [0.15, 0.2) is 18.5 Å². The molecule has 0 amide bonds. The number of ether oxygens (including phenoxy) is 2. The van der Waals surface area contributed by atoms with Gasteiger partial charge in [-0.25, -0.2) is 0 Å². The smallest absolute Gasteiger partial charge is 0.222 e. The molecule has 5 heteroatoms. The normalized spacial score (nSPS) is 10.7. The van der Waals surface area contributed by atoms with Gasteiger partial charge in [-0.2, -0.15) is 0 Å². The minimum absolute atomic E-state index is 0.297. The van der Waals surface area contributed by atoms with Gasteiger partial charge in [0.25, 0.3) is 0 Å². The zero-order valence-electron chi connectivity index (χ0n) is 9.47. The first kappa shape index (κ1) is 12.6. The van der Waals surface area contributed by atoms with Crippen molar-refractivity contribution in [2.45, 2.75) is 20.1 Å². The highest BCUT2D eigenvalue weighted by Crippen LogP contribution is 2.13. The molecule has 1 aromatic heterocycles. The van der Waals surface area contributed by atoms with E-state index in [2.05, 4.69) is 4.98 Å². The second-order valence-electron chi connectivity index (χ2n) is 3.07. The van der Waals surface area contributed by atoms with Crippen LogP contribution in [0, 0.1) is 0 Å². The first-order chi connectivity index (χ1) is 7.70. The van der Waals surface area contributed by atoms with Gasteiger partial charge in [-0.15, -0.1) is 0 Å². The summed E-state index contributed by atoms with van der Waals surface area (Å²) in [5.41, 5.74) is 6.39. The van der Waals surface area contributed by atoms with Crippen molar-refractivity contribution < 1.29 is 14.3 Å². The van der Waals surface area contributed by atoms with Crippen LogP contribution in [0.5, 0.6) is 0 Å². The van der Waals surface area contributed by atoms with E-state index in [1.54, 1.807) is 19.9 Å². The van der Waals surface area contributed by atoms with Crippen LogP contribution in [0.25, 0.3) is 0 Å². The van der Waals surface area contributed by atoms with Crippen LogP contribution in [0.4, 0.5) is 5.69 Å². The number of hydrogen-bond acceptors (Lipinski definition) is 5. The zero-order chi connectivity index (χ0) is 12.0. The standard InChI is InChI=1S/C11H16N2O3/c1-3-15-11(16-4-2)10(14)8-7-13-6-5-9(8)12/h5-7,11H,3-4H2,1-2H3,(H2,12,13). The van der Waals surface area contributed by atoms with E-state index in [0.717, 1.165) is 0 Å². The maximum Gasteiger partial charge on any atom is 0.222 e. The van der Waals surface area contributed by atoms with Gasteiger partial charge in [0, 0.05) is 31.3 Å². The Morgan fingerprint density at radius 3 is 2.56 bits per heavy atom. The Labute approximate surface area is 94.6 Å². The molecule has 0 aliphatic carbocycles. The molecule has 0 aliphatic rings. The van der Waals surface area contributed by atoms with E-state index in [4.69, 9.17) is 15.2 Å². The van der Waals surface area contributed by atoms with Crippen molar-refractivity contribution in [2.75, 3.05) is 18.9 Å². The molecule has 2 N–H and O–H groups in total. The van der Waals surface area contributed by atoms with E-state index in [1.165, 1.54) is 12.4 Å². The fourth-order valence-electron chi connectivity index (χ4n) is 1.24. The molecular weight excluding hydrogens is 208 g/mol. The third-order valence-electron chi connectivity index (χ3n) is 1.97. The highest BCUT2D eigenvalue weighted by molar-refractivity contribution is 6.02. The molecule has 1 heterocycles. The third-order valence-corrected chi connectivity index (χ3v) is 1.97. The fourth-order valence-corrected chi connectivity index (χ4v) is 1.24. The molecule has 0 unspecified atom stereocenters. The summed E-state index contributed by atoms with van der Waals surface area (Å²) in [7, 11) is 0. The average molecular weight is 224 g/mol. The molecule has 0 fully saturated rings. The Hall–Kier alpha value is -1.46. The number of nitrogen functional groups attached to an aromatic ring is 1. The summed E-state index contributed by atoms with van der Waals surface area (Å²) in [4.78, 5) is 15.8. The number of nitrogens with zero attached hydrogens (tertiary/aromatic N) is 1. The van der Waals surface area contributed by atoms with Gasteiger partial charge in [-0.3, -0.25) is 9.78 Å². The predicted molar refractivity (Wildman–Crippen MR) is 60.0 cm³/mol. The van der Waals surface area contributed by atoms with Gasteiger partial charge < -0.3 is 15.2 Å². The molecule has 0 aromatic carbocycles. The highest BCUT2D eigenvalue weighted by atomic mass is 16.7. The molecule has 0 atom stereocenters. The molecule has 0 bridgehead atoms. The van der Waals surface area contributed by atoms with Crippen LogP contribution >= 0.6 is 0 Å². The molecule has 5 nitrogen and oxygen atoms in total. The van der Waals surface area contributed by atoms with Crippen LogP contribution in [0.1, 0.15) is 24.2 Å². The van der Waals surface area contributed by atoms with Crippen molar-refractivity contribution >= 4 is 11.5 Å². The second-order valence-corrected chi connectivity index (χ2v) is 3.07. The molecule has 0 saturated heterocycles. The van der Waals surface area contributed by atoms with Crippen molar-refractivity contribution in [1.82, 2.24) is 4.98 Å². The van der Waals surface area contributed by atoms with Crippen molar-refractivity contribution in [1.29, 1.82) is 0 Å². The minimum atomic E-state index is -0.901. The molecule has 88 valence electrons. The van der Waals surface area contributed by atoms with E-state index in [1.807, 2.05) is 0 Å². The van der Waals surface area contributed by atoms with E-state index in [0.29, 0.717) is 24.5 Å². The van der Waals surface area contributed by atoms with Crippen LogP contribution < -0.4 is 5.73 Å². The molecule has 0 aliphatic heterocycles. The maximum absolute atomic E-state index is 12.0. The topological polar surface area (TPSA) is 74.4 Å². The molecule has 0 radical (unpaired) electrons. The van der Waals surface area contributed by atoms with Crippen molar-refractivity contribution in [3.63, 3.8) is 0 Å². The summed E-state index contributed by atoms with van der Waals surface area (Å²) in [6, 6.07) is 1.57. The Kier molecular flexibility index (Phi) is 4.88. The monoisotopic (exact) mass is 224 g/mol. The maximum atomic E-state index is 12.0. The summed E-state index contributed by atoms with van der Waals surface area (Å²) in [5, 5.41) is 0. The summed E-state index contributed by atoms with van der Waals surface area (Å²) < 4.78 is 10.4. The number of hydrogen-bond donors (Lipinski definition) is 1. The summed E-state index contributed by atoms with van der Waals surface area (Å²) in [5.74, 6) is -0.297. The number of pyridine rings is 1. The average Bonchev–Trinajstić information content (AvgIpc) is 2.28. The molecule has 1 aromatic rings. The number of ketones is 1. The summed E-state index contributed by atoms with van der Waals surface area (Å²) in [6.07, 6.45) is 2.05. The van der Waals surface area contributed by atoms with E-state index in [-0.39, 0.29) is 5.78 Å². The van der Waals surface area contributed by atoms with E-state index < -0.39 is 6.29 Å². The summed E-state index contributed by atoms with van der Waals surface area (Å²) in [6.45, 7) is 4.39. The number of carbonyl (C=O) groups excluding carboxylic acids is 1. The quantitative estimate of drug-likeness (QED) is 0.581. The van der Waals surface area contributed by atoms with Crippen molar-refractivity contribution in [3.05, 3.63) is 24.0 Å². The second kappa shape index (κ2) is 6.19. The van der Waals surface area contributed by atoms with Crippen LogP contribution in [0.2, 0.25) is 0 Å². The lowest BCUT2D eigenvalue weighted by Crippen LogP contribution is -2.28. The van der Waals surface area contributed by atoms with Gasteiger partial charge in [-0.1, -0.05) is 0 Å². The van der Waals surface area contributed by atoms with Crippen molar-refractivity contribution in [3.8, 4) is 0 Å². The van der Waals surface area contributed by atoms with Gasteiger partial charge in [0.1, 0.15) is 0 Å². The molecule has 0 saturated carbocycles. The molecular formula is C11H16N2O3. The Balaban J connectivity index is 2.85. The Morgan fingerprint density at radius 2 is 2.06 bits per heavy atom. The van der Waals surface area contributed by atoms with Gasteiger partial charge in [0.05, 0.1) is 5.56 Å². The summed E-state index contributed by atoms with van der Waals surface area (Å²) >= 11 is 0. The first-order valence-electron chi connectivity index (χ1n) is 5.17. The van der Waals surface area contributed by atoms with Gasteiger partial charge in [0.15, 0.2) is 0 Å². The van der Waals surface area contributed by atoms with Gasteiger partial charge in [0.2, 0.25) is 12.1 Å². The minimum Gasteiger partial charge on any atom is -0.398 e. The molecule has 16 heavy (non-hydrogen) atoms. The third kappa shape index (κ3) is 3.01. The van der Waals surface area contributed by atoms with E-state index >= 15 is 0 Å². The van der Waals surface area contributed by atoms with E-state index in [9.17, 15) is 4.79 Å². The molecule has 1 rings (SSSR count).